The summed E-state index contributed by atoms with van der Waals surface area (Å²) in [6, 6.07) is 10.0. The van der Waals surface area contributed by atoms with Gasteiger partial charge in [0.05, 0.1) is 6.20 Å². The lowest BCUT2D eigenvalue weighted by molar-refractivity contribution is 0.0407. The van der Waals surface area contributed by atoms with Gasteiger partial charge in [0.25, 0.3) is 0 Å². The first-order valence-electron chi connectivity index (χ1n) is 7.63. The Morgan fingerprint density at radius 2 is 2.09 bits per heavy atom. The second-order valence-corrected chi connectivity index (χ2v) is 5.97. The van der Waals surface area contributed by atoms with Crippen molar-refractivity contribution in [3.63, 3.8) is 0 Å². The van der Waals surface area contributed by atoms with Gasteiger partial charge in [0.2, 0.25) is 0 Å². The number of benzene rings is 1. The molecular weight excluding hydrogens is 292 g/mol. The summed E-state index contributed by atoms with van der Waals surface area (Å²) in [5.41, 5.74) is 1.79. The fraction of sp³-hybridized carbons (Fsp3) is 0.312. The molecule has 0 spiro atoms. The molecule has 7 nitrogen and oxygen atoms in total. The fourth-order valence-corrected chi connectivity index (χ4v) is 3.06. The monoisotopic (exact) mass is 310 g/mol. The summed E-state index contributed by atoms with van der Waals surface area (Å²) >= 11 is 0. The standard InChI is InChI=1S/C16H18N6O/c23-16(14-9-18-21-20-14)6-7-22(11-16)10-13-8-17-15(19-13)12-4-2-1-3-5-12/h1-5,8-9,23H,6-7,10-11H2,(H,17,19)(H,18,20,21). The quantitative estimate of drug-likeness (QED) is 0.675. The van der Waals surface area contributed by atoms with E-state index >= 15 is 0 Å². The van der Waals surface area contributed by atoms with E-state index in [1.54, 1.807) is 6.20 Å². The third-order valence-electron chi connectivity index (χ3n) is 4.29. The molecule has 0 amide bonds. The van der Waals surface area contributed by atoms with Gasteiger partial charge < -0.3 is 10.1 Å². The molecule has 1 saturated heterocycles. The molecule has 23 heavy (non-hydrogen) atoms. The molecule has 0 saturated carbocycles. The molecule has 3 aromatic rings. The molecule has 1 aromatic carbocycles. The number of rotatable bonds is 4. The summed E-state index contributed by atoms with van der Waals surface area (Å²) in [5.74, 6) is 0.867. The summed E-state index contributed by atoms with van der Waals surface area (Å²) in [7, 11) is 0. The van der Waals surface area contributed by atoms with Crippen molar-refractivity contribution in [2.45, 2.75) is 18.6 Å². The Hall–Kier alpha value is -2.51. The molecule has 1 aliphatic rings. The van der Waals surface area contributed by atoms with E-state index in [2.05, 4.69) is 30.3 Å². The second-order valence-electron chi connectivity index (χ2n) is 5.97. The highest BCUT2D eigenvalue weighted by Crippen LogP contribution is 2.30. The van der Waals surface area contributed by atoms with Crippen LogP contribution in [0.25, 0.3) is 11.4 Å². The molecule has 1 unspecified atom stereocenters. The highest BCUT2D eigenvalue weighted by atomic mass is 16.3. The first-order chi connectivity index (χ1) is 11.2. The average molecular weight is 310 g/mol. The highest BCUT2D eigenvalue weighted by molar-refractivity contribution is 5.54. The Balaban J connectivity index is 1.45. The maximum atomic E-state index is 10.7. The number of nitrogens with one attached hydrogen (secondary N) is 2. The number of H-pyrrole nitrogens is 2. The summed E-state index contributed by atoms with van der Waals surface area (Å²) in [6.07, 6.45) is 4.10. The maximum absolute atomic E-state index is 10.7. The van der Waals surface area contributed by atoms with E-state index < -0.39 is 5.60 Å². The molecule has 3 heterocycles. The number of imidazole rings is 1. The minimum Gasteiger partial charge on any atom is -0.382 e. The van der Waals surface area contributed by atoms with Crippen molar-refractivity contribution >= 4 is 0 Å². The van der Waals surface area contributed by atoms with Gasteiger partial charge in [-0.15, -0.1) is 0 Å². The van der Waals surface area contributed by atoms with Gasteiger partial charge in [-0.3, -0.25) is 4.90 Å². The zero-order valence-corrected chi connectivity index (χ0v) is 12.6. The highest BCUT2D eigenvalue weighted by Gasteiger charge is 2.39. The maximum Gasteiger partial charge on any atom is 0.137 e. The van der Waals surface area contributed by atoms with Crippen LogP contribution in [0.4, 0.5) is 0 Å². The zero-order valence-electron chi connectivity index (χ0n) is 12.6. The van der Waals surface area contributed by atoms with Crippen LogP contribution in [-0.2, 0) is 12.1 Å². The number of likely N-dealkylation sites (tertiary alicyclic amines) is 1. The average Bonchev–Trinajstić information content (AvgIpc) is 3.30. The van der Waals surface area contributed by atoms with Gasteiger partial charge in [-0.25, -0.2) is 4.98 Å². The number of hydrogen-bond acceptors (Lipinski definition) is 5. The molecule has 1 atom stereocenters. The second kappa shape index (κ2) is 5.60. The molecule has 4 rings (SSSR count). The van der Waals surface area contributed by atoms with Crippen LogP contribution < -0.4 is 0 Å². The SMILES string of the molecule is OC1(c2cn[nH]n2)CCN(Cc2cnc(-c3ccccc3)[nH]2)C1. The summed E-state index contributed by atoms with van der Waals surface area (Å²) in [6.45, 7) is 2.07. The van der Waals surface area contributed by atoms with Crippen molar-refractivity contribution < 1.29 is 5.11 Å². The number of hydrogen-bond donors (Lipinski definition) is 3. The van der Waals surface area contributed by atoms with Crippen LogP contribution in [0.5, 0.6) is 0 Å². The lowest BCUT2D eigenvalue weighted by atomic mass is 10.0. The minimum absolute atomic E-state index is 0.541. The van der Waals surface area contributed by atoms with E-state index in [-0.39, 0.29) is 0 Å². The molecule has 0 bridgehead atoms. The Morgan fingerprint density at radius 3 is 2.87 bits per heavy atom. The van der Waals surface area contributed by atoms with Crippen LogP contribution in [0, 0.1) is 0 Å². The molecule has 1 aliphatic heterocycles. The van der Waals surface area contributed by atoms with E-state index in [1.165, 1.54) is 0 Å². The number of nitrogens with zero attached hydrogens (tertiary/aromatic N) is 4. The molecule has 1 fully saturated rings. The van der Waals surface area contributed by atoms with E-state index in [4.69, 9.17) is 0 Å². The number of β-amino-alcohol motifs (C(OH)–C–C–N with tert-alkyl or cyclic N) is 1. The minimum atomic E-state index is -0.921. The van der Waals surface area contributed by atoms with Gasteiger partial charge in [-0.05, 0) is 6.42 Å². The Morgan fingerprint density at radius 1 is 1.22 bits per heavy atom. The van der Waals surface area contributed by atoms with E-state index in [1.807, 2.05) is 36.5 Å². The Labute approximate surface area is 133 Å². The molecule has 2 aromatic heterocycles. The smallest absolute Gasteiger partial charge is 0.137 e. The normalized spacial score (nSPS) is 21.8. The lowest BCUT2D eigenvalue weighted by Crippen LogP contribution is -2.31. The van der Waals surface area contributed by atoms with E-state index in [0.29, 0.717) is 18.7 Å². The van der Waals surface area contributed by atoms with Crippen molar-refractivity contribution in [2.75, 3.05) is 13.1 Å². The third kappa shape index (κ3) is 2.76. The first-order valence-corrected chi connectivity index (χ1v) is 7.63. The topological polar surface area (TPSA) is 93.7 Å². The first kappa shape index (κ1) is 14.1. The van der Waals surface area contributed by atoms with Gasteiger partial charge in [-0.1, -0.05) is 30.3 Å². The number of aromatic nitrogens is 5. The van der Waals surface area contributed by atoms with E-state index in [0.717, 1.165) is 30.2 Å². The molecule has 0 aliphatic carbocycles. The summed E-state index contributed by atoms with van der Waals surface area (Å²) in [5, 5.41) is 21.1. The van der Waals surface area contributed by atoms with Gasteiger partial charge in [0.1, 0.15) is 17.1 Å². The predicted molar refractivity (Wildman–Crippen MR) is 84.2 cm³/mol. The molecule has 118 valence electrons. The predicted octanol–water partition coefficient (Wildman–Crippen LogP) is 1.29. The Bertz CT molecular complexity index is 769. The molecular formula is C16H18N6O. The fourth-order valence-electron chi connectivity index (χ4n) is 3.06. The molecule has 7 heteroatoms. The van der Waals surface area contributed by atoms with Crippen LogP contribution in [0.3, 0.4) is 0 Å². The van der Waals surface area contributed by atoms with Crippen LogP contribution in [-0.4, -0.2) is 48.5 Å². The molecule has 0 radical (unpaired) electrons. The van der Waals surface area contributed by atoms with Gasteiger partial charge in [0, 0.05) is 37.1 Å². The van der Waals surface area contributed by atoms with E-state index in [9.17, 15) is 5.11 Å². The summed E-state index contributed by atoms with van der Waals surface area (Å²) < 4.78 is 0. The van der Waals surface area contributed by atoms with Gasteiger partial charge >= 0.3 is 0 Å². The lowest BCUT2D eigenvalue weighted by Gasteiger charge is -2.20. The van der Waals surface area contributed by atoms with Crippen molar-refractivity contribution in [3.05, 3.63) is 54.1 Å². The Kier molecular flexibility index (Phi) is 3.44. The number of aliphatic hydroxyl groups is 1. The van der Waals surface area contributed by atoms with Crippen LogP contribution >= 0.6 is 0 Å². The van der Waals surface area contributed by atoms with Crippen LogP contribution in [0.15, 0.2) is 42.7 Å². The van der Waals surface area contributed by atoms with Crippen molar-refractivity contribution in [1.29, 1.82) is 0 Å². The van der Waals surface area contributed by atoms with Crippen LogP contribution in [0.2, 0.25) is 0 Å². The van der Waals surface area contributed by atoms with Crippen LogP contribution in [0.1, 0.15) is 17.8 Å². The largest absolute Gasteiger partial charge is 0.382 e. The summed E-state index contributed by atoms with van der Waals surface area (Å²) in [4.78, 5) is 9.98. The zero-order chi connectivity index (χ0) is 15.7. The van der Waals surface area contributed by atoms with Gasteiger partial charge in [-0.2, -0.15) is 15.4 Å². The number of aromatic amines is 2. The molecule has 3 N–H and O–H groups in total. The van der Waals surface area contributed by atoms with Crippen molar-refractivity contribution in [1.82, 2.24) is 30.3 Å². The van der Waals surface area contributed by atoms with Crippen molar-refractivity contribution in [2.24, 2.45) is 0 Å². The third-order valence-corrected chi connectivity index (χ3v) is 4.29. The van der Waals surface area contributed by atoms with Crippen molar-refractivity contribution in [3.8, 4) is 11.4 Å². The van der Waals surface area contributed by atoms with Gasteiger partial charge in [0.15, 0.2) is 0 Å².